The molecule has 0 saturated heterocycles. The number of benzene rings is 1. The van der Waals surface area contributed by atoms with Crippen LogP contribution in [0.1, 0.15) is 28.7 Å². The third-order valence-electron chi connectivity index (χ3n) is 2.64. The van der Waals surface area contributed by atoms with Gasteiger partial charge in [0.05, 0.1) is 5.69 Å². The molecule has 90 valence electrons. The lowest BCUT2D eigenvalue weighted by Crippen LogP contribution is -2.01. The van der Waals surface area contributed by atoms with Crippen LogP contribution in [0, 0.1) is 18.3 Å². The highest BCUT2D eigenvalue weighted by Crippen LogP contribution is 2.21. The van der Waals surface area contributed by atoms with E-state index in [2.05, 4.69) is 5.10 Å². The van der Waals surface area contributed by atoms with E-state index in [1.54, 1.807) is 0 Å². The Bertz CT molecular complexity index is 647. The predicted octanol–water partition coefficient (Wildman–Crippen LogP) is 1.84. The van der Waals surface area contributed by atoms with Crippen molar-refractivity contribution in [2.75, 3.05) is 5.73 Å². The minimum Gasteiger partial charge on any atom is -0.394 e. The van der Waals surface area contributed by atoms with Gasteiger partial charge in [0.2, 0.25) is 0 Å². The van der Waals surface area contributed by atoms with Crippen molar-refractivity contribution in [3.63, 3.8) is 0 Å². The third kappa shape index (κ3) is 1.84. The molecule has 2 aromatic rings. The van der Waals surface area contributed by atoms with E-state index in [4.69, 9.17) is 11.0 Å². The molecule has 0 unspecified atom stereocenters. The van der Waals surface area contributed by atoms with Crippen molar-refractivity contribution in [1.29, 1.82) is 5.26 Å². The summed E-state index contributed by atoms with van der Waals surface area (Å²) in [5.41, 5.74) is 8.01. The molecule has 5 heteroatoms. The smallest absolute Gasteiger partial charge is 0.182 e. The topological polar surface area (TPSA) is 84.7 Å². The van der Waals surface area contributed by atoms with Gasteiger partial charge in [-0.3, -0.25) is 4.79 Å². The van der Waals surface area contributed by atoms with Gasteiger partial charge in [-0.05, 0) is 19.1 Å². The molecule has 0 aliphatic heterocycles. The number of aromatic nitrogens is 2. The molecule has 18 heavy (non-hydrogen) atoms. The van der Waals surface area contributed by atoms with Crippen LogP contribution in [0.25, 0.3) is 5.69 Å². The number of hydrogen-bond acceptors (Lipinski definition) is 4. The molecule has 2 N–H and O–H groups in total. The molecule has 0 bridgehead atoms. The minimum atomic E-state index is -0.255. The summed E-state index contributed by atoms with van der Waals surface area (Å²) in [4.78, 5) is 11.4. The average molecular weight is 240 g/mol. The maximum atomic E-state index is 11.4. The number of nitrogens with zero attached hydrogens (tertiary/aromatic N) is 3. The molecule has 0 radical (unpaired) electrons. The first-order valence-electron chi connectivity index (χ1n) is 5.41. The molecule has 0 fully saturated rings. The summed E-state index contributed by atoms with van der Waals surface area (Å²) in [6.45, 7) is 3.34. The summed E-state index contributed by atoms with van der Waals surface area (Å²) in [6.07, 6.45) is 0. The number of aryl methyl sites for hydroxylation is 1. The van der Waals surface area contributed by atoms with E-state index in [0.29, 0.717) is 5.69 Å². The van der Waals surface area contributed by atoms with Crippen LogP contribution in [0.2, 0.25) is 0 Å². The molecular weight excluding hydrogens is 228 g/mol. The van der Waals surface area contributed by atoms with Gasteiger partial charge in [0.25, 0.3) is 0 Å². The third-order valence-corrected chi connectivity index (χ3v) is 2.64. The number of nitrogen functional groups attached to an aromatic ring is 1. The monoisotopic (exact) mass is 240 g/mol. The van der Waals surface area contributed by atoms with E-state index < -0.39 is 0 Å². The van der Waals surface area contributed by atoms with Crippen LogP contribution in [0.3, 0.4) is 0 Å². The Morgan fingerprint density at radius 3 is 2.50 bits per heavy atom. The first-order chi connectivity index (χ1) is 8.54. The van der Waals surface area contributed by atoms with E-state index >= 15 is 0 Å². The second-order valence-corrected chi connectivity index (χ2v) is 4.03. The second kappa shape index (κ2) is 4.34. The second-order valence-electron chi connectivity index (χ2n) is 4.03. The van der Waals surface area contributed by atoms with Gasteiger partial charge in [0.15, 0.2) is 17.2 Å². The molecule has 1 aromatic heterocycles. The van der Waals surface area contributed by atoms with E-state index in [0.717, 1.165) is 5.56 Å². The molecule has 0 spiro atoms. The highest BCUT2D eigenvalue weighted by molar-refractivity contribution is 5.98. The Hall–Kier alpha value is -2.61. The van der Waals surface area contributed by atoms with Crippen molar-refractivity contribution in [2.45, 2.75) is 13.8 Å². The van der Waals surface area contributed by atoms with Gasteiger partial charge in [-0.1, -0.05) is 17.7 Å². The Morgan fingerprint density at radius 1 is 1.39 bits per heavy atom. The molecule has 0 aliphatic carbocycles. The molecule has 5 nitrogen and oxygen atoms in total. The standard InChI is InChI=1S/C13H12N4O/c1-8-3-5-10(6-4-8)17-11(7-14)12(15)13(16-17)9(2)18/h3-6H,15H2,1-2H3. The van der Waals surface area contributed by atoms with Crippen LogP contribution in [0.15, 0.2) is 24.3 Å². The number of carbonyl (C=O) groups is 1. The van der Waals surface area contributed by atoms with Crippen LogP contribution in [-0.2, 0) is 0 Å². The fourth-order valence-corrected chi connectivity index (χ4v) is 1.67. The molecule has 0 amide bonds. The number of Topliss-reactive ketones (excluding diaryl/α,β-unsaturated/α-hetero) is 1. The Morgan fingerprint density at radius 2 is 2.00 bits per heavy atom. The van der Waals surface area contributed by atoms with Crippen molar-refractivity contribution >= 4 is 11.5 Å². The Kier molecular flexibility index (Phi) is 2.86. The van der Waals surface area contributed by atoms with Crippen LogP contribution < -0.4 is 5.73 Å². The molecule has 0 atom stereocenters. The zero-order valence-electron chi connectivity index (χ0n) is 10.1. The average Bonchev–Trinajstić information content (AvgIpc) is 2.67. The SMILES string of the molecule is CC(=O)c1nn(-c2ccc(C)cc2)c(C#N)c1N. The lowest BCUT2D eigenvalue weighted by Gasteiger charge is -2.02. The van der Waals surface area contributed by atoms with Gasteiger partial charge in [-0.25, -0.2) is 4.68 Å². The van der Waals surface area contributed by atoms with Crippen LogP contribution in [0.4, 0.5) is 5.69 Å². The predicted molar refractivity (Wildman–Crippen MR) is 67.4 cm³/mol. The molecule has 2 rings (SSSR count). The number of anilines is 1. The number of rotatable bonds is 2. The normalized spacial score (nSPS) is 10.1. The number of nitriles is 1. The zero-order chi connectivity index (χ0) is 13.3. The van der Waals surface area contributed by atoms with Gasteiger partial charge in [-0.15, -0.1) is 0 Å². The Labute approximate surface area is 104 Å². The zero-order valence-corrected chi connectivity index (χ0v) is 10.1. The first-order valence-corrected chi connectivity index (χ1v) is 5.41. The van der Waals surface area contributed by atoms with Gasteiger partial charge in [0, 0.05) is 6.92 Å². The van der Waals surface area contributed by atoms with E-state index in [9.17, 15) is 4.79 Å². The van der Waals surface area contributed by atoms with Crippen LogP contribution in [0.5, 0.6) is 0 Å². The number of ketones is 1. The van der Waals surface area contributed by atoms with Gasteiger partial charge in [0.1, 0.15) is 11.8 Å². The Balaban J connectivity index is 2.65. The maximum Gasteiger partial charge on any atom is 0.182 e. The van der Waals surface area contributed by atoms with Crippen molar-refractivity contribution in [1.82, 2.24) is 9.78 Å². The van der Waals surface area contributed by atoms with Crippen LogP contribution >= 0.6 is 0 Å². The molecule has 1 aromatic carbocycles. The van der Waals surface area contributed by atoms with Crippen molar-refractivity contribution in [3.05, 3.63) is 41.2 Å². The summed E-state index contributed by atoms with van der Waals surface area (Å²) >= 11 is 0. The van der Waals surface area contributed by atoms with Crippen molar-refractivity contribution in [2.24, 2.45) is 0 Å². The summed E-state index contributed by atoms with van der Waals surface area (Å²) < 4.78 is 1.39. The van der Waals surface area contributed by atoms with Crippen molar-refractivity contribution < 1.29 is 4.79 Å². The van der Waals surface area contributed by atoms with Crippen LogP contribution in [-0.4, -0.2) is 15.6 Å². The van der Waals surface area contributed by atoms with E-state index in [1.807, 2.05) is 37.3 Å². The minimum absolute atomic E-state index is 0.130. The summed E-state index contributed by atoms with van der Waals surface area (Å²) in [5, 5.41) is 13.2. The number of nitrogens with two attached hydrogens (primary N) is 1. The van der Waals surface area contributed by atoms with Gasteiger partial charge >= 0.3 is 0 Å². The lowest BCUT2D eigenvalue weighted by molar-refractivity contribution is 0.101. The molecule has 0 saturated carbocycles. The number of hydrogen-bond donors (Lipinski definition) is 1. The van der Waals surface area contributed by atoms with E-state index in [1.165, 1.54) is 11.6 Å². The first kappa shape index (κ1) is 11.9. The fraction of sp³-hybridized carbons (Fsp3) is 0.154. The van der Waals surface area contributed by atoms with E-state index in [-0.39, 0.29) is 22.9 Å². The summed E-state index contributed by atoms with van der Waals surface area (Å²) in [6, 6.07) is 9.44. The highest BCUT2D eigenvalue weighted by atomic mass is 16.1. The van der Waals surface area contributed by atoms with Crippen molar-refractivity contribution in [3.8, 4) is 11.8 Å². The largest absolute Gasteiger partial charge is 0.394 e. The fourth-order valence-electron chi connectivity index (χ4n) is 1.67. The van der Waals surface area contributed by atoms with Gasteiger partial charge in [-0.2, -0.15) is 10.4 Å². The maximum absolute atomic E-state index is 11.4. The van der Waals surface area contributed by atoms with Gasteiger partial charge < -0.3 is 5.73 Å². The molecular formula is C13H12N4O. The molecule has 0 aliphatic rings. The highest BCUT2D eigenvalue weighted by Gasteiger charge is 2.18. The lowest BCUT2D eigenvalue weighted by atomic mass is 10.2. The summed E-state index contributed by atoms with van der Waals surface area (Å²) in [5.74, 6) is -0.255. The number of carbonyl (C=O) groups excluding carboxylic acids is 1. The summed E-state index contributed by atoms with van der Waals surface area (Å²) in [7, 11) is 0. The quantitative estimate of drug-likeness (QED) is 0.811. The molecule has 1 heterocycles.